The second-order valence-electron chi connectivity index (χ2n) is 4.38. The van der Waals surface area contributed by atoms with E-state index >= 15 is 0 Å². The number of benzene rings is 1. The first-order chi connectivity index (χ1) is 9.10. The van der Waals surface area contributed by atoms with E-state index in [1.165, 1.54) is 29.2 Å². The van der Waals surface area contributed by atoms with Crippen LogP contribution in [0, 0.1) is 6.92 Å². The SMILES string of the molecule is COC(=O)/C=C(\C)c1ccc(-c2cccc(C)c2)s1. The van der Waals surface area contributed by atoms with Crippen molar-refractivity contribution in [1.29, 1.82) is 0 Å². The maximum Gasteiger partial charge on any atom is 0.330 e. The third-order valence-corrected chi connectivity index (χ3v) is 4.10. The maximum absolute atomic E-state index is 11.2. The van der Waals surface area contributed by atoms with Crippen molar-refractivity contribution in [2.45, 2.75) is 13.8 Å². The van der Waals surface area contributed by atoms with E-state index in [9.17, 15) is 4.79 Å². The average Bonchev–Trinajstić information content (AvgIpc) is 2.88. The van der Waals surface area contributed by atoms with E-state index in [2.05, 4.69) is 42.0 Å². The molecule has 0 saturated heterocycles. The van der Waals surface area contributed by atoms with E-state index in [0.717, 1.165) is 10.5 Å². The Hall–Kier alpha value is -1.87. The van der Waals surface area contributed by atoms with Crippen molar-refractivity contribution in [2.75, 3.05) is 7.11 Å². The smallest absolute Gasteiger partial charge is 0.330 e. The third kappa shape index (κ3) is 3.32. The molecule has 1 aromatic heterocycles. The van der Waals surface area contributed by atoms with Gasteiger partial charge in [0.05, 0.1) is 7.11 Å². The average molecular weight is 272 g/mol. The molecule has 0 saturated carbocycles. The zero-order valence-electron chi connectivity index (χ0n) is 11.3. The summed E-state index contributed by atoms with van der Waals surface area (Å²) in [4.78, 5) is 13.5. The lowest BCUT2D eigenvalue weighted by Crippen LogP contribution is -1.94. The molecule has 98 valence electrons. The van der Waals surface area contributed by atoms with Gasteiger partial charge in [0.1, 0.15) is 0 Å². The van der Waals surface area contributed by atoms with Crippen molar-refractivity contribution in [3.8, 4) is 10.4 Å². The molecule has 0 radical (unpaired) electrons. The summed E-state index contributed by atoms with van der Waals surface area (Å²) in [6, 6.07) is 12.5. The van der Waals surface area contributed by atoms with E-state index in [-0.39, 0.29) is 5.97 Å². The van der Waals surface area contributed by atoms with Gasteiger partial charge in [0.2, 0.25) is 0 Å². The largest absolute Gasteiger partial charge is 0.466 e. The van der Waals surface area contributed by atoms with Gasteiger partial charge in [-0.2, -0.15) is 0 Å². The van der Waals surface area contributed by atoms with Gasteiger partial charge in [-0.05, 0) is 37.1 Å². The van der Waals surface area contributed by atoms with E-state index in [1.54, 1.807) is 11.3 Å². The van der Waals surface area contributed by atoms with E-state index in [4.69, 9.17) is 0 Å². The molecule has 0 N–H and O–H groups in total. The molecule has 0 unspecified atom stereocenters. The summed E-state index contributed by atoms with van der Waals surface area (Å²) in [5, 5.41) is 0. The molecule has 2 rings (SSSR count). The van der Waals surface area contributed by atoms with Crippen molar-refractivity contribution in [3.05, 3.63) is 52.9 Å². The predicted molar refractivity (Wildman–Crippen MR) is 80.2 cm³/mol. The standard InChI is InChI=1S/C16H16O2S/c1-11-5-4-6-13(9-11)15-8-7-14(19-15)12(2)10-16(17)18-3/h4-10H,1-3H3/b12-10+. The van der Waals surface area contributed by atoms with Gasteiger partial charge in [-0.3, -0.25) is 0 Å². The molecule has 0 spiro atoms. The molecule has 0 aliphatic heterocycles. The van der Waals surface area contributed by atoms with Crippen molar-refractivity contribution < 1.29 is 9.53 Å². The van der Waals surface area contributed by atoms with Gasteiger partial charge in [-0.1, -0.05) is 29.8 Å². The lowest BCUT2D eigenvalue weighted by Gasteiger charge is -1.99. The molecule has 19 heavy (non-hydrogen) atoms. The number of rotatable bonds is 3. The van der Waals surface area contributed by atoms with E-state index < -0.39 is 0 Å². The minimum absolute atomic E-state index is 0.317. The fraction of sp³-hybridized carbons (Fsp3) is 0.188. The number of esters is 1. The fourth-order valence-electron chi connectivity index (χ4n) is 1.81. The number of ether oxygens (including phenoxy) is 1. The lowest BCUT2D eigenvalue weighted by atomic mass is 10.1. The van der Waals surface area contributed by atoms with Crippen molar-refractivity contribution in [3.63, 3.8) is 0 Å². The van der Waals surface area contributed by atoms with Crippen LogP contribution in [0.2, 0.25) is 0 Å². The number of carbonyl (C=O) groups excluding carboxylic acids is 1. The van der Waals surface area contributed by atoms with Crippen LogP contribution in [0.3, 0.4) is 0 Å². The van der Waals surface area contributed by atoms with Crippen LogP contribution in [0.4, 0.5) is 0 Å². The Balaban J connectivity index is 2.29. The predicted octanol–water partition coefficient (Wildman–Crippen LogP) is 4.30. The highest BCUT2D eigenvalue weighted by Crippen LogP contribution is 2.32. The first-order valence-electron chi connectivity index (χ1n) is 6.03. The summed E-state index contributed by atoms with van der Waals surface area (Å²) in [7, 11) is 1.39. The highest BCUT2D eigenvalue weighted by Gasteiger charge is 2.06. The van der Waals surface area contributed by atoms with Gasteiger partial charge in [-0.25, -0.2) is 4.79 Å². The summed E-state index contributed by atoms with van der Waals surface area (Å²) in [6.45, 7) is 4.00. The number of hydrogen-bond acceptors (Lipinski definition) is 3. The second-order valence-corrected chi connectivity index (χ2v) is 5.47. The van der Waals surface area contributed by atoms with Gasteiger partial charge in [0.15, 0.2) is 0 Å². The van der Waals surface area contributed by atoms with Gasteiger partial charge >= 0.3 is 5.97 Å². The first-order valence-corrected chi connectivity index (χ1v) is 6.85. The van der Waals surface area contributed by atoms with Crippen LogP contribution in [0.5, 0.6) is 0 Å². The van der Waals surface area contributed by atoms with Crippen LogP contribution in [0.25, 0.3) is 16.0 Å². The van der Waals surface area contributed by atoms with Crippen LogP contribution in [0.15, 0.2) is 42.5 Å². The van der Waals surface area contributed by atoms with Crippen molar-refractivity contribution >= 4 is 22.9 Å². The summed E-state index contributed by atoms with van der Waals surface area (Å²) >= 11 is 1.68. The zero-order valence-corrected chi connectivity index (χ0v) is 12.1. The second kappa shape index (κ2) is 5.85. The summed E-state index contributed by atoms with van der Waals surface area (Å²) in [5.41, 5.74) is 3.38. The molecular formula is C16H16O2S. The van der Waals surface area contributed by atoms with Gasteiger partial charge in [0, 0.05) is 15.8 Å². The Labute approximate surface area is 117 Å². The zero-order chi connectivity index (χ0) is 13.8. The van der Waals surface area contributed by atoms with E-state index in [0.29, 0.717) is 0 Å². The fourth-order valence-corrected chi connectivity index (χ4v) is 2.78. The molecule has 1 heterocycles. The van der Waals surface area contributed by atoms with E-state index in [1.807, 2.05) is 13.0 Å². The molecule has 2 aromatic rings. The van der Waals surface area contributed by atoms with Gasteiger partial charge < -0.3 is 4.74 Å². The number of hydrogen-bond donors (Lipinski definition) is 0. The van der Waals surface area contributed by atoms with Crippen LogP contribution in [-0.2, 0) is 9.53 Å². The maximum atomic E-state index is 11.2. The Bertz CT molecular complexity index is 623. The van der Waals surface area contributed by atoms with Crippen LogP contribution in [0.1, 0.15) is 17.4 Å². The number of methoxy groups -OCH3 is 1. The Morgan fingerprint density at radius 3 is 2.74 bits per heavy atom. The number of carbonyl (C=O) groups is 1. The Kier molecular flexibility index (Phi) is 4.17. The summed E-state index contributed by atoms with van der Waals surface area (Å²) in [6.07, 6.45) is 1.52. The topological polar surface area (TPSA) is 26.3 Å². The molecule has 0 fully saturated rings. The quantitative estimate of drug-likeness (QED) is 0.615. The number of allylic oxidation sites excluding steroid dienone is 1. The van der Waals surface area contributed by atoms with Gasteiger partial charge in [-0.15, -0.1) is 11.3 Å². The van der Waals surface area contributed by atoms with Crippen LogP contribution >= 0.6 is 11.3 Å². The van der Waals surface area contributed by atoms with Crippen molar-refractivity contribution in [2.24, 2.45) is 0 Å². The molecule has 2 nitrogen and oxygen atoms in total. The monoisotopic (exact) mass is 272 g/mol. The highest BCUT2D eigenvalue weighted by atomic mass is 32.1. The van der Waals surface area contributed by atoms with Crippen molar-refractivity contribution in [1.82, 2.24) is 0 Å². The normalized spacial score (nSPS) is 11.4. The summed E-state index contributed by atoms with van der Waals surface area (Å²) < 4.78 is 4.64. The molecular weight excluding hydrogens is 256 g/mol. The molecule has 0 bridgehead atoms. The number of aryl methyl sites for hydroxylation is 1. The minimum atomic E-state index is -0.317. The van der Waals surface area contributed by atoms with Gasteiger partial charge in [0.25, 0.3) is 0 Å². The molecule has 0 amide bonds. The molecule has 1 aromatic carbocycles. The Morgan fingerprint density at radius 2 is 2.05 bits per heavy atom. The van der Waals surface area contributed by atoms with Crippen LogP contribution in [-0.4, -0.2) is 13.1 Å². The molecule has 0 atom stereocenters. The summed E-state index contributed by atoms with van der Waals surface area (Å²) in [5.74, 6) is -0.317. The lowest BCUT2D eigenvalue weighted by molar-refractivity contribution is -0.134. The minimum Gasteiger partial charge on any atom is -0.466 e. The first kappa shape index (κ1) is 13.6. The number of thiophene rings is 1. The van der Waals surface area contributed by atoms with Crippen LogP contribution < -0.4 is 0 Å². The molecule has 0 aliphatic rings. The molecule has 3 heteroatoms. The highest BCUT2D eigenvalue weighted by molar-refractivity contribution is 7.16. The third-order valence-electron chi connectivity index (χ3n) is 2.83. The Morgan fingerprint density at radius 1 is 1.26 bits per heavy atom. The molecule has 0 aliphatic carbocycles.